The van der Waals surface area contributed by atoms with E-state index in [0.717, 1.165) is 5.56 Å². The Kier molecular flexibility index (Phi) is 4.28. The Morgan fingerprint density at radius 1 is 1.22 bits per heavy atom. The fraction of sp³-hybridized carbons (Fsp3) is 0.231. The van der Waals surface area contributed by atoms with Crippen LogP contribution in [0.3, 0.4) is 0 Å². The third-order valence-corrected chi connectivity index (χ3v) is 3.41. The van der Waals surface area contributed by atoms with Gasteiger partial charge < -0.3 is 10.5 Å². The molecule has 1 aromatic heterocycles. The molecule has 0 saturated heterocycles. The van der Waals surface area contributed by atoms with E-state index in [1.165, 1.54) is 10.9 Å². The molecule has 2 rings (SSSR count). The second-order valence-corrected chi connectivity index (χ2v) is 4.87. The van der Waals surface area contributed by atoms with Crippen molar-refractivity contribution in [2.24, 2.45) is 5.73 Å². The van der Waals surface area contributed by atoms with Crippen molar-refractivity contribution in [3.8, 4) is 5.75 Å². The molecule has 2 aromatic rings. The summed E-state index contributed by atoms with van der Waals surface area (Å²) in [7, 11) is 0. The second kappa shape index (κ2) is 5.93. The quantitative estimate of drug-likeness (QED) is 0.900. The Balaban J connectivity index is 2.07. The highest BCUT2D eigenvalue weighted by molar-refractivity contribution is 7.09. The average molecular weight is 269 g/mol. The summed E-state index contributed by atoms with van der Waals surface area (Å²) in [5.41, 5.74) is 6.84. The number of rotatable bonds is 5. The van der Waals surface area contributed by atoms with Gasteiger partial charge in [0.1, 0.15) is 5.75 Å². The van der Waals surface area contributed by atoms with E-state index in [1.54, 1.807) is 23.5 Å². The van der Waals surface area contributed by atoms with Gasteiger partial charge in [0, 0.05) is 17.3 Å². The van der Waals surface area contributed by atoms with Gasteiger partial charge in [-0.15, -0.1) is 11.3 Å². The van der Waals surface area contributed by atoms with E-state index in [4.69, 9.17) is 5.73 Å². The maximum Gasteiger partial charge on any atom is 0.387 e. The van der Waals surface area contributed by atoms with Crippen LogP contribution in [0.5, 0.6) is 5.75 Å². The number of thiophene rings is 1. The third-order valence-electron chi connectivity index (χ3n) is 2.51. The van der Waals surface area contributed by atoms with E-state index in [0.29, 0.717) is 6.42 Å². The monoisotopic (exact) mass is 269 g/mol. The number of benzene rings is 1. The first-order chi connectivity index (χ1) is 8.65. The van der Waals surface area contributed by atoms with Gasteiger partial charge >= 0.3 is 6.61 Å². The van der Waals surface area contributed by atoms with Gasteiger partial charge in [-0.2, -0.15) is 8.78 Å². The number of hydrogen-bond acceptors (Lipinski definition) is 3. The summed E-state index contributed by atoms with van der Waals surface area (Å²) >= 11 is 1.63. The molecular weight excluding hydrogens is 256 g/mol. The molecular formula is C13H13F2NOS. The van der Waals surface area contributed by atoms with Crippen LogP contribution in [0.4, 0.5) is 8.78 Å². The molecule has 1 heterocycles. The molecule has 0 spiro atoms. The molecule has 0 aliphatic heterocycles. The van der Waals surface area contributed by atoms with E-state index in [9.17, 15) is 8.78 Å². The highest BCUT2D eigenvalue weighted by Gasteiger charge is 2.10. The summed E-state index contributed by atoms with van der Waals surface area (Å²) in [5, 5.41) is 1.98. The third kappa shape index (κ3) is 3.51. The SMILES string of the molecule is NC(Cc1cccs1)c1cccc(OC(F)F)c1. The van der Waals surface area contributed by atoms with E-state index in [2.05, 4.69) is 4.74 Å². The topological polar surface area (TPSA) is 35.2 Å². The van der Waals surface area contributed by atoms with Crippen molar-refractivity contribution in [2.75, 3.05) is 0 Å². The van der Waals surface area contributed by atoms with Crippen LogP contribution in [-0.4, -0.2) is 6.61 Å². The summed E-state index contributed by atoms with van der Waals surface area (Å²) in [6.45, 7) is -2.81. The van der Waals surface area contributed by atoms with Gasteiger partial charge in [0.2, 0.25) is 0 Å². The molecule has 2 N–H and O–H groups in total. The molecule has 1 unspecified atom stereocenters. The van der Waals surface area contributed by atoms with Crippen LogP contribution in [0.15, 0.2) is 41.8 Å². The fourth-order valence-corrected chi connectivity index (χ4v) is 2.45. The van der Waals surface area contributed by atoms with Gasteiger partial charge in [-0.1, -0.05) is 18.2 Å². The summed E-state index contributed by atoms with van der Waals surface area (Å²) < 4.78 is 28.6. The Labute approximate surface area is 108 Å². The zero-order chi connectivity index (χ0) is 13.0. The molecule has 0 saturated carbocycles. The largest absolute Gasteiger partial charge is 0.435 e. The van der Waals surface area contributed by atoms with Crippen molar-refractivity contribution in [2.45, 2.75) is 19.1 Å². The smallest absolute Gasteiger partial charge is 0.387 e. The first-order valence-electron chi connectivity index (χ1n) is 5.48. The van der Waals surface area contributed by atoms with Crippen molar-refractivity contribution < 1.29 is 13.5 Å². The number of ether oxygens (including phenoxy) is 1. The van der Waals surface area contributed by atoms with Crippen LogP contribution < -0.4 is 10.5 Å². The number of alkyl halides is 2. The van der Waals surface area contributed by atoms with Crippen LogP contribution in [-0.2, 0) is 6.42 Å². The van der Waals surface area contributed by atoms with Crippen molar-refractivity contribution in [3.63, 3.8) is 0 Å². The summed E-state index contributed by atoms with van der Waals surface area (Å²) in [6.07, 6.45) is 0.690. The molecule has 0 aliphatic carbocycles. The van der Waals surface area contributed by atoms with Gasteiger partial charge in [-0.25, -0.2) is 0 Å². The summed E-state index contributed by atoms with van der Waals surface area (Å²) in [5.74, 6) is 0.143. The lowest BCUT2D eigenvalue weighted by Gasteiger charge is -2.12. The summed E-state index contributed by atoms with van der Waals surface area (Å²) in [4.78, 5) is 1.17. The van der Waals surface area contributed by atoms with E-state index < -0.39 is 6.61 Å². The predicted octanol–water partition coefficient (Wildman–Crippen LogP) is 3.59. The molecule has 5 heteroatoms. The number of nitrogens with two attached hydrogens (primary N) is 1. The zero-order valence-electron chi connectivity index (χ0n) is 9.55. The molecule has 0 aliphatic rings. The lowest BCUT2D eigenvalue weighted by Crippen LogP contribution is -2.13. The van der Waals surface area contributed by atoms with Crippen molar-refractivity contribution in [1.82, 2.24) is 0 Å². The minimum atomic E-state index is -2.81. The Morgan fingerprint density at radius 3 is 2.72 bits per heavy atom. The second-order valence-electron chi connectivity index (χ2n) is 3.84. The van der Waals surface area contributed by atoms with E-state index in [1.807, 2.05) is 23.6 Å². The lowest BCUT2D eigenvalue weighted by molar-refractivity contribution is -0.0498. The van der Waals surface area contributed by atoms with E-state index in [-0.39, 0.29) is 11.8 Å². The molecule has 0 bridgehead atoms. The molecule has 0 fully saturated rings. The maximum absolute atomic E-state index is 12.1. The van der Waals surface area contributed by atoms with E-state index >= 15 is 0 Å². The molecule has 18 heavy (non-hydrogen) atoms. The zero-order valence-corrected chi connectivity index (χ0v) is 10.4. The Bertz CT molecular complexity index is 487. The molecule has 0 amide bonds. The van der Waals surface area contributed by atoms with Crippen LogP contribution in [0, 0.1) is 0 Å². The van der Waals surface area contributed by atoms with Crippen LogP contribution in [0.1, 0.15) is 16.5 Å². The summed E-state index contributed by atoms with van der Waals surface area (Å²) in [6, 6.07) is 10.3. The first-order valence-corrected chi connectivity index (χ1v) is 6.36. The Morgan fingerprint density at radius 2 is 2.06 bits per heavy atom. The molecule has 96 valence electrons. The maximum atomic E-state index is 12.1. The van der Waals surface area contributed by atoms with Crippen LogP contribution in [0.2, 0.25) is 0 Å². The van der Waals surface area contributed by atoms with Crippen LogP contribution >= 0.6 is 11.3 Å². The standard InChI is InChI=1S/C13H13F2NOS/c14-13(15)17-10-4-1-3-9(7-10)12(16)8-11-5-2-6-18-11/h1-7,12-13H,8,16H2. The fourth-order valence-electron chi connectivity index (χ4n) is 1.68. The van der Waals surface area contributed by atoms with Crippen molar-refractivity contribution in [1.29, 1.82) is 0 Å². The van der Waals surface area contributed by atoms with Gasteiger partial charge in [-0.05, 0) is 29.1 Å². The van der Waals surface area contributed by atoms with Crippen LogP contribution in [0.25, 0.3) is 0 Å². The normalized spacial score (nSPS) is 12.7. The molecule has 2 nitrogen and oxygen atoms in total. The molecule has 1 atom stereocenters. The van der Waals surface area contributed by atoms with Crippen molar-refractivity contribution >= 4 is 11.3 Å². The number of hydrogen-bond donors (Lipinski definition) is 1. The first kappa shape index (κ1) is 13.0. The van der Waals surface area contributed by atoms with Gasteiger partial charge in [0.05, 0.1) is 0 Å². The molecule has 0 radical (unpaired) electrons. The van der Waals surface area contributed by atoms with Gasteiger partial charge in [0.15, 0.2) is 0 Å². The van der Waals surface area contributed by atoms with Crippen molar-refractivity contribution in [3.05, 3.63) is 52.2 Å². The predicted molar refractivity (Wildman–Crippen MR) is 68.0 cm³/mol. The minimum Gasteiger partial charge on any atom is -0.435 e. The highest BCUT2D eigenvalue weighted by Crippen LogP contribution is 2.23. The lowest BCUT2D eigenvalue weighted by atomic mass is 10.0. The highest BCUT2D eigenvalue weighted by atomic mass is 32.1. The minimum absolute atomic E-state index is 0.143. The number of halogens is 2. The average Bonchev–Trinajstić information content (AvgIpc) is 2.81. The van der Waals surface area contributed by atoms with Gasteiger partial charge in [-0.3, -0.25) is 0 Å². The van der Waals surface area contributed by atoms with Gasteiger partial charge in [0.25, 0.3) is 0 Å². The Hall–Kier alpha value is -1.46. The molecule has 1 aromatic carbocycles.